The van der Waals surface area contributed by atoms with Gasteiger partial charge in [-0.15, -0.1) is 11.3 Å². The van der Waals surface area contributed by atoms with E-state index in [1.54, 1.807) is 41.8 Å². The normalized spacial score (nSPS) is 11.2. The maximum atomic E-state index is 12.9. The molecule has 0 unspecified atom stereocenters. The van der Waals surface area contributed by atoms with E-state index in [2.05, 4.69) is 15.6 Å². The minimum absolute atomic E-state index is 0.0113. The summed E-state index contributed by atoms with van der Waals surface area (Å²) in [4.78, 5) is 16.5. The van der Waals surface area contributed by atoms with Crippen molar-refractivity contribution < 1.29 is 22.7 Å². The Labute approximate surface area is 195 Å². The Bertz CT molecular complexity index is 1250. The van der Waals surface area contributed by atoms with E-state index in [0.717, 1.165) is 28.8 Å². The highest BCUT2D eigenvalue weighted by Crippen LogP contribution is 2.34. The summed E-state index contributed by atoms with van der Waals surface area (Å²) in [6, 6.07) is 16.0. The summed E-state index contributed by atoms with van der Waals surface area (Å²) in [5.74, 6) is 1.18. The van der Waals surface area contributed by atoms with Crippen LogP contribution in [0.5, 0.6) is 11.5 Å². The van der Waals surface area contributed by atoms with Crippen molar-refractivity contribution in [2.24, 2.45) is 0 Å². The first-order valence-electron chi connectivity index (χ1n) is 9.50. The molecule has 0 saturated carbocycles. The number of halogens is 4. The third kappa shape index (κ3) is 5.82. The van der Waals surface area contributed by atoms with E-state index in [4.69, 9.17) is 16.3 Å². The highest BCUT2D eigenvalue weighted by Gasteiger charge is 2.31. The third-order valence-electron chi connectivity index (χ3n) is 4.42. The maximum absolute atomic E-state index is 12.9. The summed E-state index contributed by atoms with van der Waals surface area (Å²) < 4.78 is 44.4. The Kier molecular flexibility index (Phi) is 6.52. The fourth-order valence-corrected chi connectivity index (χ4v) is 3.67. The first-order chi connectivity index (χ1) is 15.8. The SMILES string of the molecule is O=C(Nc1ccc(Oc2ccc(-c3nccs3)cc2)cc1)Nc1cc(C(F)(F)F)ccc1Cl. The Morgan fingerprint density at radius 1 is 0.939 bits per heavy atom. The topological polar surface area (TPSA) is 63.2 Å². The van der Waals surface area contributed by atoms with E-state index in [0.29, 0.717) is 17.2 Å². The van der Waals surface area contributed by atoms with Crippen molar-refractivity contribution in [2.45, 2.75) is 6.18 Å². The number of urea groups is 1. The number of carbonyl (C=O) groups excluding carboxylic acids is 1. The van der Waals surface area contributed by atoms with Crippen LogP contribution in [0.2, 0.25) is 5.02 Å². The van der Waals surface area contributed by atoms with Gasteiger partial charge in [-0.1, -0.05) is 11.6 Å². The number of benzene rings is 3. The number of anilines is 2. The highest BCUT2D eigenvalue weighted by atomic mass is 35.5. The quantitative estimate of drug-likeness (QED) is 0.299. The molecule has 0 bridgehead atoms. The van der Waals surface area contributed by atoms with Crippen LogP contribution in [0, 0.1) is 0 Å². The number of hydrogen-bond acceptors (Lipinski definition) is 4. The molecule has 1 heterocycles. The van der Waals surface area contributed by atoms with Crippen LogP contribution in [0.25, 0.3) is 10.6 Å². The lowest BCUT2D eigenvalue weighted by Gasteiger charge is -2.13. The summed E-state index contributed by atoms with van der Waals surface area (Å²) in [5, 5.41) is 7.68. The second-order valence-electron chi connectivity index (χ2n) is 6.76. The van der Waals surface area contributed by atoms with Gasteiger partial charge in [-0.2, -0.15) is 13.2 Å². The Morgan fingerprint density at radius 3 is 2.21 bits per heavy atom. The average molecular weight is 490 g/mol. The fraction of sp³-hybridized carbons (Fsp3) is 0.0435. The number of ether oxygens (including phenoxy) is 1. The summed E-state index contributed by atoms with van der Waals surface area (Å²) >= 11 is 7.45. The van der Waals surface area contributed by atoms with Crippen molar-refractivity contribution in [1.82, 2.24) is 4.98 Å². The van der Waals surface area contributed by atoms with Gasteiger partial charge < -0.3 is 15.4 Å². The van der Waals surface area contributed by atoms with Crippen LogP contribution in [0.15, 0.2) is 78.3 Å². The van der Waals surface area contributed by atoms with Crippen LogP contribution in [0.1, 0.15) is 5.56 Å². The first kappa shape index (κ1) is 22.6. The van der Waals surface area contributed by atoms with Crippen molar-refractivity contribution in [3.63, 3.8) is 0 Å². The van der Waals surface area contributed by atoms with Crippen LogP contribution in [0.4, 0.5) is 29.3 Å². The van der Waals surface area contributed by atoms with Crippen LogP contribution >= 0.6 is 22.9 Å². The van der Waals surface area contributed by atoms with Gasteiger partial charge in [0.05, 0.1) is 16.3 Å². The highest BCUT2D eigenvalue weighted by molar-refractivity contribution is 7.13. The molecule has 0 atom stereocenters. The van der Waals surface area contributed by atoms with Gasteiger partial charge in [0.1, 0.15) is 16.5 Å². The van der Waals surface area contributed by atoms with Gasteiger partial charge >= 0.3 is 12.2 Å². The van der Waals surface area contributed by atoms with Gasteiger partial charge in [-0.05, 0) is 66.7 Å². The van der Waals surface area contributed by atoms with Crippen molar-refractivity contribution in [2.75, 3.05) is 10.6 Å². The summed E-state index contributed by atoms with van der Waals surface area (Å²) in [5.41, 5.74) is 0.347. The summed E-state index contributed by atoms with van der Waals surface area (Å²) in [7, 11) is 0. The van der Waals surface area contributed by atoms with E-state index in [1.165, 1.54) is 0 Å². The number of aromatic nitrogens is 1. The second-order valence-corrected chi connectivity index (χ2v) is 8.06. The van der Waals surface area contributed by atoms with Crippen molar-refractivity contribution >= 4 is 40.3 Å². The summed E-state index contributed by atoms with van der Waals surface area (Å²) in [6.45, 7) is 0. The van der Waals surface area contributed by atoms with E-state index >= 15 is 0 Å². The molecule has 0 aliphatic heterocycles. The molecule has 0 aliphatic carbocycles. The molecule has 1 aromatic heterocycles. The van der Waals surface area contributed by atoms with Gasteiger partial charge in [-0.25, -0.2) is 9.78 Å². The van der Waals surface area contributed by atoms with Gasteiger partial charge in [0.25, 0.3) is 0 Å². The molecule has 0 aliphatic rings. The Morgan fingerprint density at radius 2 is 1.61 bits per heavy atom. The largest absolute Gasteiger partial charge is 0.457 e. The smallest absolute Gasteiger partial charge is 0.416 e. The minimum Gasteiger partial charge on any atom is -0.457 e. The zero-order chi connectivity index (χ0) is 23.4. The molecule has 33 heavy (non-hydrogen) atoms. The molecule has 0 radical (unpaired) electrons. The number of amides is 2. The van der Waals surface area contributed by atoms with E-state index in [-0.39, 0.29) is 10.7 Å². The van der Waals surface area contributed by atoms with Crippen molar-refractivity contribution in [1.29, 1.82) is 0 Å². The van der Waals surface area contributed by atoms with E-state index in [1.807, 2.05) is 29.6 Å². The zero-order valence-electron chi connectivity index (χ0n) is 16.7. The van der Waals surface area contributed by atoms with Crippen LogP contribution < -0.4 is 15.4 Å². The van der Waals surface area contributed by atoms with Crippen LogP contribution in [0.3, 0.4) is 0 Å². The first-order valence-corrected chi connectivity index (χ1v) is 10.8. The number of alkyl halides is 3. The fourth-order valence-electron chi connectivity index (χ4n) is 2.86. The lowest BCUT2D eigenvalue weighted by Crippen LogP contribution is -2.20. The molecule has 0 spiro atoms. The number of nitrogens with zero attached hydrogens (tertiary/aromatic N) is 1. The molecule has 4 aromatic rings. The lowest BCUT2D eigenvalue weighted by atomic mass is 10.2. The monoisotopic (exact) mass is 489 g/mol. The molecular weight excluding hydrogens is 475 g/mol. The zero-order valence-corrected chi connectivity index (χ0v) is 18.3. The Balaban J connectivity index is 1.36. The molecule has 2 amide bonds. The van der Waals surface area contributed by atoms with Gasteiger partial charge in [0.15, 0.2) is 0 Å². The van der Waals surface area contributed by atoms with Crippen LogP contribution in [-0.2, 0) is 6.18 Å². The summed E-state index contributed by atoms with van der Waals surface area (Å²) in [6.07, 6.45) is -2.80. The third-order valence-corrected chi connectivity index (χ3v) is 5.58. The standard InChI is InChI=1S/C23H15ClF3N3O2S/c24-19-10-3-15(23(25,26)27)13-20(19)30-22(31)29-16-4-8-18(9-5-16)32-17-6-1-14(2-7-17)21-28-11-12-33-21/h1-13H,(H2,29,30,31). The van der Waals surface area contributed by atoms with Crippen LogP contribution in [-0.4, -0.2) is 11.0 Å². The molecule has 3 aromatic carbocycles. The molecule has 2 N–H and O–H groups in total. The van der Waals surface area contributed by atoms with Gasteiger partial charge in [0, 0.05) is 22.8 Å². The number of thiazole rings is 1. The molecule has 5 nitrogen and oxygen atoms in total. The number of rotatable bonds is 5. The molecule has 168 valence electrons. The predicted octanol–water partition coefficient (Wildman–Crippen LogP) is 7.92. The van der Waals surface area contributed by atoms with Gasteiger partial charge in [0.2, 0.25) is 0 Å². The maximum Gasteiger partial charge on any atom is 0.416 e. The number of hydrogen-bond donors (Lipinski definition) is 2. The van der Waals surface area contributed by atoms with E-state index in [9.17, 15) is 18.0 Å². The number of nitrogens with one attached hydrogen (secondary N) is 2. The minimum atomic E-state index is -4.55. The van der Waals surface area contributed by atoms with E-state index < -0.39 is 17.8 Å². The lowest BCUT2D eigenvalue weighted by molar-refractivity contribution is -0.137. The molecule has 4 rings (SSSR count). The number of carbonyl (C=O) groups is 1. The Hall–Kier alpha value is -3.56. The molecule has 0 fully saturated rings. The molecule has 0 saturated heterocycles. The second kappa shape index (κ2) is 9.51. The average Bonchev–Trinajstić information content (AvgIpc) is 3.31. The van der Waals surface area contributed by atoms with Crippen molar-refractivity contribution in [3.8, 4) is 22.1 Å². The molecular formula is C23H15ClF3N3O2S. The molecule has 10 heteroatoms. The van der Waals surface area contributed by atoms with Gasteiger partial charge in [-0.3, -0.25) is 0 Å². The predicted molar refractivity (Wildman–Crippen MR) is 123 cm³/mol. The van der Waals surface area contributed by atoms with Crippen molar-refractivity contribution in [3.05, 3.63) is 88.9 Å².